The Labute approximate surface area is 119 Å². The average molecular weight is 279 g/mol. The number of anilines is 2. The fourth-order valence-electron chi connectivity index (χ4n) is 2.74. The highest BCUT2D eigenvalue weighted by atomic mass is 19.1. The molecule has 1 saturated heterocycles. The van der Waals surface area contributed by atoms with Gasteiger partial charge in [0, 0.05) is 6.54 Å². The van der Waals surface area contributed by atoms with Gasteiger partial charge in [0.25, 0.3) is 0 Å². The molecule has 20 heavy (non-hydrogen) atoms. The summed E-state index contributed by atoms with van der Waals surface area (Å²) in [7, 11) is 0. The Bertz CT molecular complexity index is 478. The predicted molar refractivity (Wildman–Crippen MR) is 78.9 cm³/mol. The molecule has 0 aromatic heterocycles. The van der Waals surface area contributed by atoms with Gasteiger partial charge in [0.15, 0.2) is 0 Å². The van der Waals surface area contributed by atoms with E-state index in [9.17, 15) is 9.18 Å². The number of nitrogens with two attached hydrogens (primary N) is 1. The monoisotopic (exact) mass is 279 g/mol. The third-order valence-electron chi connectivity index (χ3n) is 3.72. The molecule has 0 radical (unpaired) electrons. The summed E-state index contributed by atoms with van der Waals surface area (Å²) in [6, 6.07) is 3.99. The van der Waals surface area contributed by atoms with E-state index < -0.39 is 5.82 Å². The third kappa shape index (κ3) is 3.93. The van der Waals surface area contributed by atoms with Crippen LogP contribution in [0.5, 0.6) is 0 Å². The summed E-state index contributed by atoms with van der Waals surface area (Å²) >= 11 is 0. The van der Waals surface area contributed by atoms with Crippen LogP contribution in [0.4, 0.5) is 15.8 Å². The number of carbonyl (C=O) groups is 1. The smallest absolute Gasteiger partial charge is 0.238 e. The third-order valence-corrected chi connectivity index (χ3v) is 3.72. The topological polar surface area (TPSA) is 58.4 Å². The van der Waals surface area contributed by atoms with Crippen molar-refractivity contribution < 1.29 is 9.18 Å². The zero-order valence-corrected chi connectivity index (χ0v) is 11.9. The Morgan fingerprint density at radius 2 is 2.35 bits per heavy atom. The van der Waals surface area contributed by atoms with Crippen LogP contribution in [-0.2, 0) is 4.79 Å². The number of hydrogen-bond acceptors (Lipinski definition) is 3. The first-order chi connectivity index (χ1) is 9.58. The Hall–Kier alpha value is -1.62. The number of carbonyl (C=O) groups excluding carboxylic acids is 1. The molecular weight excluding hydrogens is 257 g/mol. The number of rotatable bonds is 5. The van der Waals surface area contributed by atoms with Crippen molar-refractivity contribution in [3.05, 3.63) is 24.0 Å². The van der Waals surface area contributed by atoms with Crippen LogP contribution in [0.1, 0.15) is 26.2 Å². The first kappa shape index (κ1) is 14.8. The lowest BCUT2D eigenvalue weighted by Gasteiger charge is -2.16. The molecule has 0 aliphatic carbocycles. The second-order valence-electron chi connectivity index (χ2n) is 5.46. The van der Waals surface area contributed by atoms with E-state index in [1.54, 1.807) is 0 Å². The van der Waals surface area contributed by atoms with Crippen molar-refractivity contribution in [1.82, 2.24) is 4.90 Å². The van der Waals surface area contributed by atoms with Gasteiger partial charge in [0.2, 0.25) is 5.91 Å². The first-order valence-corrected chi connectivity index (χ1v) is 7.15. The molecule has 1 fully saturated rings. The van der Waals surface area contributed by atoms with Crippen LogP contribution in [0.15, 0.2) is 18.2 Å². The molecule has 1 aliphatic rings. The molecule has 1 unspecified atom stereocenters. The highest BCUT2D eigenvalue weighted by Crippen LogP contribution is 2.22. The maximum atomic E-state index is 12.9. The summed E-state index contributed by atoms with van der Waals surface area (Å²) in [5.41, 5.74) is 6.40. The largest absolute Gasteiger partial charge is 0.397 e. The molecule has 3 N–H and O–H groups in total. The minimum Gasteiger partial charge on any atom is -0.397 e. The van der Waals surface area contributed by atoms with E-state index in [1.807, 2.05) is 0 Å². The molecule has 4 nitrogen and oxygen atoms in total. The van der Waals surface area contributed by atoms with Gasteiger partial charge in [-0.2, -0.15) is 0 Å². The Morgan fingerprint density at radius 3 is 3.05 bits per heavy atom. The van der Waals surface area contributed by atoms with Crippen LogP contribution in [-0.4, -0.2) is 30.4 Å². The molecule has 1 amide bonds. The Morgan fingerprint density at radius 1 is 1.55 bits per heavy atom. The van der Waals surface area contributed by atoms with Crippen molar-refractivity contribution in [2.24, 2.45) is 5.92 Å². The zero-order valence-electron chi connectivity index (χ0n) is 11.9. The highest BCUT2D eigenvalue weighted by molar-refractivity contribution is 5.95. The van der Waals surface area contributed by atoms with Gasteiger partial charge < -0.3 is 11.1 Å². The van der Waals surface area contributed by atoms with Crippen molar-refractivity contribution in [1.29, 1.82) is 0 Å². The maximum absolute atomic E-state index is 12.9. The molecule has 110 valence electrons. The van der Waals surface area contributed by atoms with Crippen molar-refractivity contribution in [3.8, 4) is 0 Å². The summed E-state index contributed by atoms with van der Waals surface area (Å²) < 4.78 is 12.9. The minimum absolute atomic E-state index is 0.0968. The van der Waals surface area contributed by atoms with Crippen molar-refractivity contribution in [2.75, 3.05) is 30.7 Å². The average Bonchev–Trinajstić information content (AvgIpc) is 2.81. The molecule has 1 aromatic carbocycles. The van der Waals surface area contributed by atoms with Gasteiger partial charge >= 0.3 is 0 Å². The summed E-state index contributed by atoms with van der Waals surface area (Å²) in [6.07, 6.45) is 3.58. The molecule has 1 aliphatic heterocycles. The molecule has 0 spiro atoms. The number of hydrogen-bond donors (Lipinski definition) is 2. The number of halogens is 1. The van der Waals surface area contributed by atoms with Gasteiger partial charge in [-0.15, -0.1) is 0 Å². The van der Waals surface area contributed by atoms with Crippen LogP contribution >= 0.6 is 0 Å². The van der Waals surface area contributed by atoms with Gasteiger partial charge in [-0.1, -0.05) is 13.3 Å². The maximum Gasteiger partial charge on any atom is 0.238 e. The number of likely N-dealkylation sites (tertiary alicyclic amines) is 1. The van der Waals surface area contributed by atoms with E-state index in [-0.39, 0.29) is 11.6 Å². The zero-order chi connectivity index (χ0) is 14.5. The van der Waals surface area contributed by atoms with E-state index in [0.29, 0.717) is 18.2 Å². The summed E-state index contributed by atoms with van der Waals surface area (Å²) in [6.45, 7) is 4.51. The second kappa shape index (κ2) is 6.70. The lowest BCUT2D eigenvalue weighted by atomic mass is 10.0. The van der Waals surface area contributed by atoms with Crippen LogP contribution in [0.25, 0.3) is 0 Å². The van der Waals surface area contributed by atoms with Crippen LogP contribution in [0, 0.1) is 11.7 Å². The van der Waals surface area contributed by atoms with E-state index in [1.165, 1.54) is 37.5 Å². The standard InChI is InChI=1S/C15H22FN3O/c1-2-3-11-6-7-19(9-11)10-15(20)18-14-5-4-12(16)8-13(14)17/h4-5,8,11H,2-3,6-7,9-10,17H2,1H3,(H,18,20). The van der Waals surface area contributed by atoms with Gasteiger partial charge in [0.1, 0.15) is 5.82 Å². The number of nitrogens with one attached hydrogen (secondary N) is 1. The summed E-state index contributed by atoms with van der Waals surface area (Å²) in [5.74, 6) is 0.214. The fourth-order valence-corrected chi connectivity index (χ4v) is 2.74. The van der Waals surface area contributed by atoms with Gasteiger partial charge in [-0.3, -0.25) is 9.69 Å². The van der Waals surface area contributed by atoms with E-state index >= 15 is 0 Å². The number of nitrogens with zero attached hydrogens (tertiary/aromatic N) is 1. The highest BCUT2D eigenvalue weighted by Gasteiger charge is 2.23. The van der Waals surface area contributed by atoms with Gasteiger partial charge in [0.05, 0.1) is 17.9 Å². The van der Waals surface area contributed by atoms with E-state index in [2.05, 4.69) is 17.1 Å². The van der Waals surface area contributed by atoms with Crippen LogP contribution in [0.3, 0.4) is 0 Å². The van der Waals surface area contributed by atoms with Crippen LogP contribution in [0.2, 0.25) is 0 Å². The Balaban J connectivity index is 1.84. The molecule has 1 aromatic rings. The second-order valence-corrected chi connectivity index (χ2v) is 5.46. The summed E-state index contributed by atoms with van der Waals surface area (Å²) in [5, 5.41) is 2.74. The fraction of sp³-hybridized carbons (Fsp3) is 0.533. The van der Waals surface area contributed by atoms with Crippen LogP contribution < -0.4 is 11.1 Å². The van der Waals surface area contributed by atoms with Crippen molar-refractivity contribution in [3.63, 3.8) is 0 Å². The normalized spacial score (nSPS) is 19.2. The Kier molecular flexibility index (Phi) is 4.95. The number of benzene rings is 1. The first-order valence-electron chi connectivity index (χ1n) is 7.15. The lowest BCUT2D eigenvalue weighted by molar-refractivity contribution is -0.117. The van der Waals surface area contributed by atoms with E-state index in [0.717, 1.165) is 13.1 Å². The molecular formula is C15H22FN3O. The quantitative estimate of drug-likeness (QED) is 0.814. The van der Waals surface area contributed by atoms with Gasteiger partial charge in [-0.25, -0.2) is 4.39 Å². The van der Waals surface area contributed by atoms with Crippen molar-refractivity contribution >= 4 is 17.3 Å². The molecule has 0 bridgehead atoms. The molecule has 1 atom stereocenters. The molecule has 5 heteroatoms. The molecule has 1 heterocycles. The minimum atomic E-state index is -0.401. The number of nitrogen functional groups attached to an aromatic ring is 1. The molecule has 0 saturated carbocycles. The van der Waals surface area contributed by atoms with E-state index in [4.69, 9.17) is 5.73 Å². The van der Waals surface area contributed by atoms with Crippen molar-refractivity contribution in [2.45, 2.75) is 26.2 Å². The molecule has 2 rings (SSSR count). The summed E-state index contributed by atoms with van der Waals surface area (Å²) in [4.78, 5) is 14.1. The van der Waals surface area contributed by atoms with Gasteiger partial charge in [-0.05, 0) is 43.5 Å². The predicted octanol–water partition coefficient (Wildman–Crippen LogP) is 2.47. The number of amides is 1. The lowest BCUT2D eigenvalue weighted by Crippen LogP contribution is -2.31. The SMILES string of the molecule is CCCC1CCN(CC(=O)Nc2ccc(F)cc2N)C1.